The molecule has 1 amide bonds. The summed E-state index contributed by atoms with van der Waals surface area (Å²) in [6.07, 6.45) is 3.04. The first-order valence-corrected chi connectivity index (χ1v) is 11.3. The van der Waals surface area contributed by atoms with Crippen molar-refractivity contribution in [3.8, 4) is 11.3 Å². The van der Waals surface area contributed by atoms with Crippen LogP contribution in [0.2, 0.25) is 0 Å². The van der Waals surface area contributed by atoms with Crippen molar-refractivity contribution in [2.24, 2.45) is 5.92 Å². The summed E-state index contributed by atoms with van der Waals surface area (Å²) in [5.74, 6) is 0.373. The van der Waals surface area contributed by atoms with Crippen LogP contribution in [0, 0.1) is 26.7 Å². The zero-order chi connectivity index (χ0) is 22.1. The highest BCUT2D eigenvalue weighted by Gasteiger charge is 2.19. The summed E-state index contributed by atoms with van der Waals surface area (Å²) in [5.41, 5.74) is 7.12. The molecule has 0 fully saturated rings. The minimum Gasteiger partial charge on any atom is -0.303 e. The van der Waals surface area contributed by atoms with Crippen LogP contribution in [0.1, 0.15) is 41.2 Å². The molecular weight excluding hydrogens is 406 g/mol. The van der Waals surface area contributed by atoms with Gasteiger partial charge >= 0.3 is 0 Å². The van der Waals surface area contributed by atoms with Gasteiger partial charge in [0, 0.05) is 18.2 Å². The van der Waals surface area contributed by atoms with Crippen molar-refractivity contribution in [1.82, 2.24) is 19.6 Å². The molecule has 0 aliphatic heterocycles. The number of nitrogens with zero attached hydrogens (tertiary/aromatic N) is 4. The molecule has 0 saturated heterocycles. The first-order valence-electron chi connectivity index (χ1n) is 10.5. The van der Waals surface area contributed by atoms with Crippen LogP contribution in [-0.2, 0) is 17.6 Å². The molecule has 1 N–H and O–H groups in total. The van der Waals surface area contributed by atoms with Gasteiger partial charge in [-0.05, 0) is 61.6 Å². The van der Waals surface area contributed by atoms with E-state index in [9.17, 15) is 4.79 Å². The molecule has 4 rings (SSSR count). The van der Waals surface area contributed by atoms with E-state index in [1.54, 1.807) is 0 Å². The van der Waals surface area contributed by atoms with Crippen molar-refractivity contribution in [3.63, 3.8) is 0 Å². The predicted octanol–water partition coefficient (Wildman–Crippen LogP) is 5.16. The van der Waals surface area contributed by atoms with E-state index < -0.39 is 0 Å². The van der Waals surface area contributed by atoms with Gasteiger partial charge in [-0.3, -0.25) is 4.79 Å². The van der Waals surface area contributed by atoms with Gasteiger partial charge in [-0.25, -0.2) is 4.98 Å². The van der Waals surface area contributed by atoms with E-state index in [0.29, 0.717) is 11.0 Å². The molecule has 0 aliphatic rings. The molecule has 160 valence electrons. The molecule has 31 heavy (non-hydrogen) atoms. The van der Waals surface area contributed by atoms with Gasteiger partial charge in [-0.15, -0.1) is 10.2 Å². The topological polar surface area (TPSA) is 72.2 Å². The molecule has 4 aromatic rings. The minimum atomic E-state index is -0.125. The molecule has 6 nitrogen and oxygen atoms in total. The molecule has 7 heteroatoms. The Balaban J connectivity index is 1.66. The molecule has 3 heterocycles. The van der Waals surface area contributed by atoms with Gasteiger partial charge in [0.1, 0.15) is 10.7 Å². The van der Waals surface area contributed by atoms with Crippen molar-refractivity contribution < 1.29 is 4.79 Å². The van der Waals surface area contributed by atoms with E-state index in [0.717, 1.165) is 39.6 Å². The van der Waals surface area contributed by atoms with Crippen molar-refractivity contribution >= 4 is 28.0 Å². The Kier molecular flexibility index (Phi) is 5.87. The third-order valence-electron chi connectivity index (χ3n) is 5.29. The van der Waals surface area contributed by atoms with E-state index in [1.165, 1.54) is 22.5 Å². The number of hydrogen-bond acceptors (Lipinski definition) is 5. The maximum absolute atomic E-state index is 12.9. The summed E-state index contributed by atoms with van der Waals surface area (Å²) in [6, 6.07) is 10.4. The standard InChI is InChI=1S/C24H27N5OS/c1-14(2)10-22-27-28-24(31-22)26-21(30)13-19-23(18-7-6-16(4)17(5)12-18)25-20-11-15(3)8-9-29(19)20/h6-9,11-12,14H,10,13H2,1-5H3,(H,26,28,30). The van der Waals surface area contributed by atoms with Crippen LogP contribution in [0.15, 0.2) is 36.5 Å². The highest BCUT2D eigenvalue weighted by molar-refractivity contribution is 7.15. The van der Waals surface area contributed by atoms with Gasteiger partial charge in [0.05, 0.1) is 17.8 Å². The fraction of sp³-hybridized carbons (Fsp3) is 0.333. The smallest absolute Gasteiger partial charge is 0.232 e. The third kappa shape index (κ3) is 4.66. The fourth-order valence-electron chi connectivity index (χ4n) is 3.54. The molecule has 1 aromatic carbocycles. The first kappa shape index (κ1) is 21.2. The molecule has 0 atom stereocenters. The van der Waals surface area contributed by atoms with E-state index in [2.05, 4.69) is 61.4 Å². The Morgan fingerprint density at radius 3 is 2.65 bits per heavy atom. The lowest BCUT2D eigenvalue weighted by molar-refractivity contribution is -0.115. The lowest BCUT2D eigenvalue weighted by Crippen LogP contribution is -2.16. The Bertz CT molecular complexity index is 1250. The Hall–Kier alpha value is -3.06. The van der Waals surface area contributed by atoms with Gasteiger partial charge in [-0.1, -0.05) is 37.3 Å². The number of rotatable bonds is 6. The number of hydrogen-bond donors (Lipinski definition) is 1. The SMILES string of the molecule is Cc1ccn2c(CC(=O)Nc3nnc(CC(C)C)s3)c(-c3ccc(C)c(C)c3)nc2c1. The fourth-order valence-corrected chi connectivity index (χ4v) is 4.51. The van der Waals surface area contributed by atoms with Gasteiger partial charge in [-0.2, -0.15) is 0 Å². The highest BCUT2D eigenvalue weighted by Crippen LogP contribution is 2.28. The number of aromatic nitrogens is 4. The second-order valence-corrected chi connectivity index (χ2v) is 9.52. The number of fused-ring (bicyclic) bond motifs is 1. The summed E-state index contributed by atoms with van der Waals surface area (Å²) in [6.45, 7) is 10.5. The lowest BCUT2D eigenvalue weighted by atomic mass is 10.0. The Labute approximate surface area is 186 Å². The Morgan fingerprint density at radius 2 is 1.90 bits per heavy atom. The zero-order valence-electron chi connectivity index (χ0n) is 18.6. The van der Waals surface area contributed by atoms with E-state index in [1.807, 2.05) is 29.7 Å². The zero-order valence-corrected chi connectivity index (χ0v) is 19.4. The quantitative estimate of drug-likeness (QED) is 0.456. The summed E-state index contributed by atoms with van der Waals surface area (Å²) in [5, 5.41) is 12.7. The number of nitrogens with one attached hydrogen (secondary N) is 1. The molecule has 3 aromatic heterocycles. The molecule has 0 bridgehead atoms. The number of carbonyl (C=O) groups excluding carboxylic acids is 1. The molecule has 0 radical (unpaired) electrons. The van der Waals surface area contributed by atoms with Crippen LogP contribution in [0.3, 0.4) is 0 Å². The minimum absolute atomic E-state index is 0.125. The van der Waals surface area contributed by atoms with E-state index in [4.69, 9.17) is 4.98 Å². The van der Waals surface area contributed by atoms with Gasteiger partial charge in [0.2, 0.25) is 11.0 Å². The van der Waals surface area contributed by atoms with Gasteiger partial charge in [0.25, 0.3) is 0 Å². The average Bonchev–Trinajstić information content (AvgIpc) is 3.27. The molecular formula is C24H27N5OS. The monoisotopic (exact) mass is 433 g/mol. The summed E-state index contributed by atoms with van der Waals surface area (Å²) in [4.78, 5) is 17.8. The maximum Gasteiger partial charge on any atom is 0.232 e. The van der Waals surface area contributed by atoms with Crippen LogP contribution >= 0.6 is 11.3 Å². The Morgan fingerprint density at radius 1 is 1.10 bits per heavy atom. The lowest BCUT2D eigenvalue weighted by Gasteiger charge is -2.07. The highest BCUT2D eigenvalue weighted by atomic mass is 32.1. The van der Waals surface area contributed by atoms with Crippen LogP contribution in [0.5, 0.6) is 0 Å². The third-order valence-corrected chi connectivity index (χ3v) is 6.15. The number of amides is 1. The number of carbonyl (C=O) groups is 1. The van der Waals surface area contributed by atoms with Gasteiger partial charge < -0.3 is 9.72 Å². The van der Waals surface area contributed by atoms with E-state index in [-0.39, 0.29) is 12.3 Å². The summed E-state index contributed by atoms with van der Waals surface area (Å²) < 4.78 is 2.00. The van der Waals surface area contributed by atoms with Crippen molar-refractivity contribution in [2.45, 2.75) is 47.5 Å². The van der Waals surface area contributed by atoms with E-state index >= 15 is 0 Å². The number of pyridine rings is 1. The average molecular weight is 434 g/mol. The molecule has 0 spiro atoms. The predicted molar refractivity (Wildman–Crippen MR) is 126 cm³/mol. The second kappa shape index (κ2) is 8.59. The first-order chi connectivity index (χ1) is 14.8. The number of imidazole rings is 1. The largest absolute Gasteiger partial charge is 0.303 e. The molecule has 0 saturated carbocycles. The maximum atomic E-state index is 12.9. The normalized spacial score (nSPS) is 11.4. The number of benzene rings is 1. The van der Waals surface area contributed by atoms with Crippen LogP contribution in [0.4, 0.5) is 5.13 Å². The summed E-state index contributed by atoms with van der Waals surface area (Å²) >= 11 is 1.44. The number of anilines is 1. The van der Waals surface area contributed by atoms with Crippen LogP contribution < -0.4 is 5.32 Å². The summed E-state index contributed by atoms with van der Waals surface area (Å²) in [7, 11) is 0. The number of aryl methyl sites for hydroxylation is 3. The molecule has 0 unspecified atom stereocenters. The van der Waals surface area contributed by atoms with Gasteiger partial charge in [0.15, 0.2) is 0 Å². The molecule has 0 aliphatic carbocycles. The van der Waals surface area contributed by atoms with Crippen molar-refractivity contribution in [1.29, 1.82) is 0 Å². The second-order valence-electron chi connectivity index (χ2n) is 8.46. The van der Waals surface area contributed by atoms with Crippen LogP contribution in [0.25, 0.3) is 16.9 Å². The van der Waals surface area contributed by atoms with Crippen molar-refractivity contribution in [3.05, 3.63) is 63.9 Å². The van der Waals surface area contributed by atoms with Crippen LogP contribution in [-0.4, -0.2) is 25.5 Å². The van der Waals surface area contributed by atoms with Crippen molar-refractivity contribution in [2.75, 3.05) is 5.32 Å².